The first-order chi connectivity index (χ1) is 9.43. The van der Waals surface area contributed by atoms with Crippen molar-refractivity contribution >= 4 is 17.9 Å². The highest BCUT2D eigenvalue weighted by Crippen LogP contribution is 2.44. The van der Waals surface area contributed by atoms with Crippen LogP contribution in [0.2, 0.25) is 0 Å². The summed E-state index contributed by atoms with van der Waals surface area (Å²) in [4.78, 5) is 34.2. The predicted octanol–water partition coefficient (Wildman–Crippen LogP) is 0.989. The minimum Gasteiger partial charge on any atom is -0.458 e. The van der Waals surface area contributed by atoms with E-state index < -0.39 is 24.6 Å². The molecule has 0 aromatic heterocycles. The maximum absolute atomic E-state index is 11.6. The smallest absolute Gasteiger partial charge is 0.344 e. The van der Waals surface area contributed by atoms with Crippen molar-refractivity contribution in [3.05, 3.63) is 12.2 Å². The summed E-state index contributed by atoms with van der Waals surface area (Å²) < 4.78 is 15.1. The highest BCUT2D eigenvalue weighted by atomic mass is 16.6. The van der Waals surface area contributed by atoms with Crippen molar-refractivity contribution in [1.82, 2.24) is 0 Å². The van der Waals surface area contributed by atoms with Crippen molar-refractivity contribution in [3.63, 3.8) is 0 Å². The number of hydrogen-bond donors (Lipinski definition) is 0. The quantitative estimate of drug-likeness (QED) is 0.425. The van der Waals surface area contributed by atoms with Crippen LogP contribution in [0.1, 0.15) is 26.7 Å². The molecule has 6 heteroatoms. The standard InChI is InChI=1S/C14H18O6/c1-4-8-9-5-10(12(8)20-14(9)17)19-11(15)6-18-13(16)7(2)3/h8-10,12H,2,4-6H2,1,3H3. The molecule has 2 bridgehead atoms. The molecule has 110 valence electrons. The summed E-state index contributed by atoms with van der Waals surface area (Å²) in [6.07, 6.45) is 0.499. The molecule has 0 aromatic carbocycles. The molecule has 1 saturated heterocycles. The van der Waals surface area contributed by atoms with Gasteiger partial charge in [0.25, 0.3) is 0 Å². The number of fused-ring (bicyclic) bond motifs is 2. The van der Waals surface area contributed by atoms with Crippen LogP contribution >= 0.6 is 0 Å². The zero-order valence-electron chi connectivity index (χ0n) is 11.6. The van der Waals surface area contributed by atoms with Gasteiger partial charge < -0.3 is 14.2 Å². The molecule has 2 aliphatic rings. The third kappa shape index (κ3) is 2.69. The molecule has 0 aromatic rings. The van der Waals surface area contributed by atoms with Gasteiger partial charge in [-0.15, -0.1) is 0 Å². The lowest BCUT2D eigenvalue weighted by atomic mass is 9.95. The van der Waals surface area contributed by atoms with E-state index in [1.54, 1.807) is 0 Å². The van der Waals surface area contributed by atoms with Gasteiger partial charge in [0.2, 0.25) is 0 Å². The van der Waals surface area contributed by atoms with Gasteiger partial charge in [-0.05, 0) is 13.3 Å². The Morgan fingerprint density at radius 1 is 1.45 bits per heavy atom. The number of hydrogen-bond acceptors (Lipinski definition) is 6. The zero-order valence-corrected chi connectivity index (χ0v) is 11.6. The van der Waals surface area contributed by atoms with Crippen molar-refractivity contribution < 1.29 is 28.6 Å². The van der Waals surface area contributed by atoms with Crippen molar-refractivity contribution in [2.24, 2.45) is 11.8 Å². The van der Waals surface area contributed by atoms with Crippen molar-refractivity contribution in [2.45, 2.75) is 38.9 Å². The van der Waals surface area contributed by atoms with E-state index in [2.05, 4.69) is 6.58 Å². The first-order valence-electron chi connectivity index (χ1n) is 6.66. The van der Waals surface area contributed by atoms with E-state index in [0.717, 1.165) is 6.42 Å². The Labute approximate surface area is 117 Å². The van der Waals surface area contributed by atoms with Gasteiger partial charge in [0.15, 0.2) is 6.61 Å². The van der Waals surface area contributed by atoms with E-state index in [0.29, 0.717) is 6.42 Å². The largest absolute Gasteiger partial charge is 0.458 e. The first-order valence-corrected chi connectivity index (χ1v) is 6.66. The molecule has 2 rings (SSSR count). The van der Waals surface area contributed by atoms with E-state index in [1.165, 1.54) is 6.92 Å². The van der Waals surface area contributed by atoms with Gasteiger partial charge in [0, 0.05) is 17.9 Å². The van der Waals surface area contributed by atoms with Crippen LogP contribution in [-0.2, 0) is 28.6 Å². The van der Waals surface area contributed by atoms with Crippen molar-refractivity contribution in [2.75, 3.05) is 6.61 Å². The maximum Gasteiger partial charge on any atom is 0.344 e. The topological polar surface area (TPSA) is 78.9 Å². The Morgan fingerprint density at radius 3 is 2.70 bits per heavy atom. The normalized spacial score (nSPS) is 30.8. The van der Waals surface area contributed by atoms with Gasteiger partial charge in [-0.3, -0.25) is 4.79 Å². The van der Waals surface area contributed by atoms with Crippen LogP contribution in [0.3, 0.4) is 0 Å². The minimum atomic E-state index is -0.636. The van der Waals surface area contributed by atoms with Gasteiger partial charge in [0.1, 0.15) is 12.2 Å². The van der Waals surface area contributed by atoms with Crippen LogP contribution in [0.4, 0.5) is 0 Å². The Bertz CT molecular complexity index is 455. The van der Waals surface area contributed by atoms with E-state index in [9.17, 15) is 14.4 Å². The fourth-order valence-corrected chi connectivity index (χ4v) is 2.80. The SMILES string of the molecule is C=C(C)C(=O)OCC(=O)OC1CC2C(=O)OC1C2CC. The van der Waals surface area contributed by atoms with Gasteiger partial charge in [-0.25, -0.2) is 9.59 Å². The Hall–Kier alpha value is -1.85. The second kappa shape index (κ2) is 5.64. The van der Waals surface area contributed by atoms with Crippen molar-refractivity contribution in [1.29, 1.82) is 0 Å². The molecule has 1 heterocycles. The summed E-state index contributed by atoms with van der Waals surface area (Å²) in [6.45, 7) is 6.43. The van der Waals surface area contributed by atoms with Crippen LogP contribution in [0, 0.1) is 11.8 Å². The van der Waals surface area contributed by atoms with E-state index in [4.69, 9.17) is 14.2 Å². The number of carbonyl (C=O) groups is 3. The number of rotatable bonds is 5. The molecule has 6 nitrogen and oxygen atoms in total. The van der Waals surface area contributed by atoms with Crippen LogP contribution in [0.15, 0.2) is 12.2 Å². The molecular formula is C14H18O6. The van der Waals surface area contributed by atoms with Gasteiger partial charge in [-0.2, -0.15) is 0 Å². The minimum absolute atomic E-state index is 0.110. The summed E-state index contributed by atoms with van der Waals surface area (Å²) in [5.41, 5.74) is 0.220. The van der Waals surface area contributed by atoms with E-state index in [1.807, 2.05) is 6.92 Å². The molecule has 2 fully saturated rings. The number of esters is 3. The highest BCUT2D eigenvalue weighted by Gasteiger charge is 2.56. The monoisotopic (exact) mass is 282 g/mol. The first kappa shape index (κ1) is 14.6. The average Bonchev–Trinajstić information content (AvgIpc) is 2.88. The summed E-state index contributed by atoms with van der Waals surface area (Å²) >= 11 is 0. The molecule has 4 atom stereocenters. The molecule has 1 aliphatic carbocycles. The molecule has 1 saturated carbocycles. The Balaban J connectivity index is 1.83. The molecule has 0 radical (unpaired) electrons. The lowest BCUT2D eigenvalue weighted by Gasteiger charge is -2.22. The molecule has 0 amide bonds. The number of ether oxygens (including phenoxy) is 3. The lowest BCUT2D eigenvalue weighted by Crippen LogP contribution is -2.34. The molecule has 0 spiro atoms. The maximum atomic E-state index is 11.6. The van der Waals surface area contributed by atoms with E-state index in [-0.39, 0.29) is 29.5 Å². The summed E-state index contributed by atoms with van der Waals surface area (Å²) in [7, 11) is 0. The molecular weight excluding hydrogens is 264 g/mol. The highest BCUT2D eigenvalue weighted by molar-refractivity contribution is 5.88. The summed E-state index contributed by atoms with van der Waals surface area (Å²) in [5, 5.41) is 0. The van der Waals surface area contributed by atoms with Crippen LogP contribution in [0.5, 0.6) is 0 Å². The van der Waals surface area contributed by atoms with Gasteiger partial charge in [-0.1, -0.05) is 13.5 Å². The fourth-order valence-electron chi connectivity index (χ4n) is 2.80. The average molecular weight is 282 g/mol. The Kier molecular flexibility index (Phi) is 4.11. The number of carbonyl (C=O) groups excluding carboxylic acids is 3. The molecule has 0 N–H and O–H groups in total. The Morgan fingerprint density at radius 2 is 2.15 bits per heavy atom. The third-order valence-corrected chi connectivity index (χ3v) is 3.77. The zero-order chi connectivity index (χ0) is 14.9. The molecule has 4 unspecified atom stereocenters. The van der Waals surface area contributed by atoms with Gasteiger partial charge >= 0.3 is 17.9 Å². The molecule has 1 aliphatic heterocycles. The molecule has 20 heavy (non-hydrogen) atoms. The second-order valence-electron chi connectivity index (χ2n) is 5.20. The van der Waals surface area contributed by atoms with Crippen LogP contribution in [0.25, 0.3) is 0 Å². The van der Waals surface area contributed by atoms with E-state index >= 15 is 0 Å². The van der Waals surface area contributed by atoms with Crippen LogP contribution in [-0.4, -0.2) is 36.7 Å². The third-order valence-electron chi connectivity index (χ3n) is 3.77. The second-order valence-corrected chi connectivity index (χ2v) is 5.20. The van der Waals surface area contributed by atoms with Crippen LogP contribution < -0.4 is 0 Å². The van der Waals surface area contributed by atoms with Crippen molar-refractivity contribution in [3.8, 4) is 0 Å². The van der Waals surface area contributed by atoms with Gasteiger partial charge in [0.05, 0.1) is 5.92 Å². The fraction of sp³-hybridized carbons (Fsp3) is 0.643. The lowest BCUT2D eigenvalue weighted by molar-refractivity contribution is -0.172. The predicted molar refractivity (Wildman–Crippen MR) is 67.4 cm³/mol. The summed E-state index contributed by atoms with van der Waals surface area (Å²) in [6, 6.07) is 0. The summed E-state index contributed by atoms with van der Waals surface area (Å²) in [5.74, 6) is -1.54.